The second-order valence-electron chi connectivity index (χ2n) is 5.03. The molecule has 1 aliphatic heterocycles. The number of aliphatic hydroxyl groups is 1. The summed E-state index contributed by atoms with van der Waals surface area (Å²) in [6.45, 7) is 0.144. The highest BCUT2D eigenvalue weighted by atomic mass is 35.5. The summed E-state index contributed by atoms with van der Waals surface area (Å²) in [5.41, 5.74) is 7.82. The van der Waals surface area contributed by atoms with Crippen molar-refractivity contribution in [2.24, 2.45) is 5.73 Å². The molecular weight excluding hydrogens is 290 g/mol. The van der Waals surface area contributed by atoms with Crippen LogP contribution >= 0.6 is 11.6 Å². The number of nitrogens with two attached hydrogens (primary N) is 1. The fraction of sp³-hybridized carbons (Fsp3) is 0.250. The number of ether oxygens (including phenoxy) is 2. The van der Waals surface area contributed by atoms with Gasteiger partial charge in [-0.15, -0.1) is 0 Å². The first-order valence-electron chi connectivity index (χ1n) is 6.72. The van der Waals surface area contributed by atoms with Gasteiger partial charge < -0.3 is 20.3 Å². The predicted molar refractivity (Wildman–Crippen MR) is 80.7 cm³/mol. The molecule has 0 aliphatic carbocycles. The molecule has 1 aliphatic rings. The van der Waals surface area contributed by atoms with Gasteiger partial charge >= 0.3 is 0 Å². The molecule has 3 rings (SSSR count). The highest BCUT2D eigenvalue weighted by Gasteiger charge is 2.24. The zero-order valence-electron chi connectivity index (χ0n) is 11.3. The zero-order valence-corrected chi connectivity index (χ0v) is 12.1. The molecule has 0 radical (unpaired) electrons. The van der Waals surface area contributed by atoms with E-state index in [0.717, 1.165) is 5.56 Å². The van der Waals surface area contributed by atoms with Gasteiger partial charge in [-0.2, -0.15) is 0 Å². The van der Waals surface area contributed by atoms with Crippen LogP contribution in [0.2, 0.25) is 5.02 Å². The number of fused-ring (bicyclic) bond motifs is 1. The summed E-state index contributed by atoms with van der Waals surface area (Å²) in [6, 6.07) is 12.8. The van der Waals surface area contributed by atoms with Crippen LogP contribution in [0.3, 0.4) is 0 Å². The van der Waals surface area contributed by atoms with Gasteiger partial charge in [-0.05, 0) is 29.7 Å². The summed E-state index contributed by atoms with van der Waals surface area (Å²) in [4.78, 5) is 0. The fourth-order valence-corrected chi connectivity index (χ4v) is 2.68. The van der Waals surface area contributed by atoms with Crippen molar-refractivity contribution in [1.82, 2.24) is 0 Å². The largest absolute Gasteiger partial charge is 0.454 e. The average molecular weight is 306 g/mol. The molecular formula is C16H16ClNO3. The van der Waals surface area contributed by atoms with Gasteiger partial charge in [0.1, 0.15) is 0 Å². The molecule has 2 aromatic carbocycles. The van der Waals surface area contributed by atoms with E-state index < -0.39 is 12.1 Å². The maximum absolute atomic E-state index is 10.4. The Morgan fingerprint density at radius 3 is 2.71 bits per heavy atom. The third-order valence-electron chi connectivity index (χ3n) is 3.51. The summed E-state index contributed by atoms with van der Waals surface area (Å²) < 4.78 is 10.6. The Bertz CT molecular complexity index is 633. The van der Waals surface area contributed by atoms with E-state index in [2.05, 4.69) is 0 Å². The van der Waals surface area contributed by atoms with Crippen LogP contribution in [0.15, 0.2) is 42.5 Å². The van der Waals surface area contributed by atoms with Crippen molar-refractivity contribution in [2.45, 2.75) is 18.6 Å². The maximum Gasteiger partial charge on any atom is 0.231 e. The highest BCUT2D eigenvalue weighted by Crippen LogP contribution is 2.41. The van der Waals surface area contributed by atoms with E-state index in [-0.39, 0.29) is 6.79 Å². The number of rotatable bonds is 4. The molecule has 3 N–H and O–H groups in total. The lowest BCUT2D eigenvalue weighted by molar-refractivity contribution is 0.145. The monoisotopic (exact) mass is 305 g/mol. The SMILES string of the molecule is NC(Cc1ccccc1)C(O)c1cc(Cl)c2c(c1)OCO2. The smallest absolute Gasteiger partial charge is 0.231 e. The van der Waals surface area contributed by atoms with Crippen molar-refractivity contribution >= 4 is 11.6 Å². The van der Waals surface area contributed by atoms with Gasteiger partial charge in [0.15, 0.2) is 11.5 Å². The summed E-state index contributed by atoms with van der Waals surface area (Å²) in [7, 11) is 0. The Hall–Kier alpha value is -1.75. The minimum atomic E-state index is -0.822. The Balaban J connectivity index is 1.78. The Morgan fingerprint density at radius 1 is 1.19 bits per heavy atom. The molecule has 21 heavy (non-hydrogen) atoms. The number of aliphatic hydroxyl groups excluding tert-OH is 1. The van der Waals surface area contributed by atoms with E-state index in [1.807, 2.05) is 30.3 Å². The minimum absolute atomic E-state index is 0.144. The van der Waals surface area contributed by atoms with Crippen LogP contribution < -0.4 is 15.2 Å². The second kappa shape index (κ2) is 5.93. The van der Waals surface area contributed by atoms with Gasteiger partial charge in [0.25, 0.3) is 0 Å². The van der Waals surface area contributed by atoms with Gasteiger partial charge in [0, 0.05) is 6.04 Å². The van der Waals surface area contributed by atoms with E-state index in [4.69, 9.17) is 26.8 Å². The Morgan fingerprint density at radius 2 is 1.95 bits per heavy atom. The van der Waals surface area contributed by atoms with Crippen LogP contribution in [-0.4, -0.2) is 17.9 Å². The highest BCUT2D eigenvalue weighted by molar-refractivity contribution is 6.32. The zero-order chi connectivity index (χ0) is 14.8. The molecule has 2 atom stereocenters. The first kappa shape index (κ1) is 14.2. The van der Waals surface area contributed by atoms with Gasteiger partial charge in [-0.1, -0.05) is 41.9 Å². The summed E-state index contributed by atoms with van der Waals surface area (Å²) in [5, 5.41) is 10.8. The topological polar surface area (TPSA) is 64.7 Å². The summed E-state index contributed by atoms with van der Waals surface area (Å²) in [5.74, 6) is 1.06. The van der Waals surface area contributed by atoms with Crippen LogP contribution in [0.4, 0.5) is 0 Å². The average Bonchev–Trinajstić information content (AvgIpc) is 2.96. The lowest BCUT2D eigenvalue weighted by atomic mass is 9.96. The molecule has 4 nitrogen and oxygen atoms in total. The number of hydrogen-bond acceptors (Lipinski definition) is 4. The summed E-state index contributed by atoms with van der Waals surface area (Å²) in [6.07, 6.45) is -0.245. The van der Waals surface area contributed by atoms with Crippen LogP contribution in [0.5, 0.6) is 11.5 Å². The molecule has 0 spiro atoms. The second-order valence-corrected chi connectivity index (χ2v) is 5.44. The first-order valence-corrected chi connectivity index (χ1v) is 7.09. The number of benzene rings is 2. The minimum Gasteiger partial charge on any atom is -0.454 e. The van der Waals surface area contributed by atoms with E-state index in [1.54, 1.807) is 12.1 Å². The van der Waals surface area contributed by atoms with E-state index in [0.29, 0.717) is 28.5 Å². The first-order chi connectivity index (χ1) is 10.1. The van der Waals surface area contributed by atoms with Crippen molar-refractivity contribution in [3.8, 4) is 11.5 Å². The van der Waals surface area contributed by atoms with Gasteiger partial charge in [-0.3, -0.25) is 0 Å². The van der Waals surface area contributed by atoms with E-state index in [1.165, 1.54) is 0 Å². The third kappa shape index (κ3) is 2.97. The van der Waals surface area contributed by atoms with Crippen LogP contribution in [0.1, 0.15) is 17.2 Å². The number of hydrogen-bond donors (Lipinski definition) is 2. The van der Waals surface area contributed by atoms with Crippen LogP contribution in [-0.2, 0) is 6.42 Å². The van der Waals surface area contributed by atoms with Crippen molar-refractivity contribution in [3.63, 3.8) is 0 Å². The predicted octanol–water partition coefficient (Wildman–Crippen LogP) is 2.67. The third-order valence-corrected chi connectivity index (χ3v) is 3.79. The maximum atomic E-state index is 10.4. The molecule has 5 heteroatoms. The Labute approximate surface area is 128 Å². The molecule has 2 unspecified atom stereocenters. The molecule has 0 bridgehead atoms. The molecule has 1 heterocycles. The van der Waals surface area contributed by atoms with Crippen molar-refractivity contribution < 1.29 is 14.6 Å². The van der Waals surface area contributed by atoms with E-state index >= 15 is 0 Å². The summed E-state index contributed by atoms with van der Waals surface area (Å²) >= 11 is 6.13. The van der Waals surface area contributed by atoms with Gasteiger partial charge in [0.05, 0.1) is 11.1 Å². The molecule has 0 amide bonds. The molecule has 0 fully saturated rings. The normalized spacial score (nSPS) is 15.8. The lowest BCUT2D eigenvalue weighted by Gasteiger charge is -2.20. The van der Waals surface area contributed by atoms with Crippen molar-refractivity contribution in [3.05, 3.63) is 58.6 Å². The van der Waals surface area contributed by atoms with Gasteiger partial charge in [0.2, 0.25) is 6.79 Å². The lowest BCUT2D eigenvalue weighted by Crippen LogP contribution is -2.30. The Kier molecular flexibility index (Phi) is 4.01. The van der Waals surface area contributed by atoms with Crippen molar-refractivity contribution in [2.75, 3.05) is 6.79 Å². The molecule has 110 valence electrons. The molecule has 2 aromatic rings. The number of halogens is 1. The molecule has 0 aromatic heterocycles. The standard InChI is InChI=1S/C16H16ClNO3/c17-12-7-11(8-14-16(12)21-9-20-14)15(19)13(18)6-10-4-2-1-3-5-10/h1-5,7-8,13,15,19H,6,9,18H2. The van der Waals surface area contributed by atoms with E-state index in [9.17, 15) is 5.11 Å². The van der Waals surface area contributed by atoms with Crippen LogP contribution in [0.25, 0.3) is 0 Å². The van der Waals surface area contributed by atoms with Crippen LogP contribution in [0, 0.1) is 0 Å². The van der Waals surface area contributed by atoms with Crippen molar-refractivity contribution in [1.29, 1.82) is 0 Å². The van der Waals surface area contributed by atoms with Gasteiger partial charge in [-0.25, -0.2) is 0 Å². The molecule has 0 saturated heterocycles. The fourth-order valence-electron chi connectivity index (χ4n) is 2.40. The molecule has 0 saturated carbocycles. The quantitative estimate of drug-likeness (QED) is 0.911.